The number of alkyl carbamates (subject to hydrolysis) is 1. The van der Waals surface area contributed by atoms with Crippen molar-refractivity contribution in [3.63, 3.8) is 0 Å². The predicted octanol–water partition coefficient (Wildman–Crippen LogP) is 2.96. The lowest BCUT2D eigenvalue weighted by molar-refractivity contribution is -0.300. The van der Waals surface area contributed by atoms with Crippen molar-refractivity contribution in [3.8, 4) is 9.75 Å². The van der Waals surface area contributed by atoms with Crippen LogP contribution in [0, 0.1) is 0 Å². The van der Waals surface area contributed by atoms with Gasteiger partial charge in [0.05, 0.1) is 29.7 Å². The van der Waals surface area contributed by atoms with Gasteiger partial charge in [-0.15, -0.1) is 22.7 Å². The zero-order chi connectivity index (χ0) is 37.0. The number of aliphatic hydroxyl groups excluding tert-OH is 2. The normalized spacial score (nSPS) is 21.2. The molecule has 1 aromatic carbocycles. The minimum absolute atomic E-state index is 0.0823. The van der Waals surface area contributed by atoms with Crippen LogP contribution in [-0.4, -0.2) is 99.6 Å². The van der Waals surface area contributed by atoms with Crippen molar-refractivity contribution in [1.82, 2.24) is 16.0 Å². The Hall–Kier alpha value is -4.39. The molecule has 1 fully saturated rings. The van der Waals surface area contributed by atoms with E-state index in [0.29, 0.717) is 23.3 Å². The van der Waals surface area contributed by atoms with Gasteiger partial charge in [0.1, 0.15) is 18.8 Å². The second kappa shape index (κ2) is 18.7. The minimum atomic E-state index is -2.48. The van der Waals surface area contributed by atoms with E-state index in [-0.39, 0.29) is 26.1 Å². The van der Waals surface area contributed by atoms with Gasteiger partial charge in [-0.25, -0.2) is 9.59 Å². The number of carboxylic acid groups (broad SMARTS) is 2. The van der Waals surface area contributed by atoms with Gasteiger partial charge >= 0.3 is 18.0 Å². The highest BCUT2D eigenvalue weighted by Gasteiger charge is 2.56. The second-order valence-corrected chi connectivity index (χ2v) is 13.9. The number of carbonyl (C=O) groups excluding carboxylic acids is 3. The number of rotatable bonds is 18. The van der Waals surface area contributed by atoms with E-state index in [4.69, 9.17) is 19.3 Å². The fraction of sp³-hybridized carbons (Fsp3) is 0.441. The molecule has 1 aliphatic heterocycles. The van der Waals surface area contributed by atoms with Crippen molar-refractivity contribution in [1.29, 1.82) is 0 Å². The Kier molecular flexibility index (Phi) is 14.5. The molecular weight excluding hydrogens is 707 g/mol. The van der Waals surface area contributed by atoms with Crippen molar-refractivity contribution >= 4 is 52.5 Å². The van der Waals surface area contributed by atoms with Gasteiger partial charge in [0.25, 0.3) is 11.7 Å². The molecule has 0 spiro atoms. The predicted molar refractivity (Wildman–Crippen MR) is 185 cm³/mol. The zero-order valence-electron chi connectivity index (χ0n) is 27.7. The van der Waals surface area contributed by atoms with E-state index in [1.54, 1.807) is 42.5 Å². The van der Waals surface area contributed by atoms with Gasteiger partial charge < -0.3 is 50.6 Å². The molecule has 51 heavy (non-hydrogen) atoms. The molecule has 3 aromatic rings. The number of thiophene rings is 2. The number of hydrogen-bond donors (Lipinski definition) is 7. The summed E-state index contributed by atoms with van der Waals surface area (Å²) in [4.78, 5) is 64.2. The van der Waals surface area contributed by atoms with Gasteiger partial charge in [0, 0.05) is 36.1 Å². The highest BCUT2D eigenvalue weighted by atomic mass is 32.1. The maximum Gasteiger partial charge on any atom is 0.407 e. The maximum atomic E-state index is 13.0. The van der Waals surface area contributed by atoms with E-state index in [9.17, 15) is 39.3 Å². The molecule has 7 N–H and O–H groups in total. The Morgan fingerprint density at radius 3 is 2.39 bits per heavy atom. The van der Waals surface area contributed by atoms with E-state index in [0.717, 1.165) is 9.75 Å². The van der Waals surface area contributed by atoms with Crippen LogP contribution in [0.3, 0.4) is 0 Å². The summed E-state index contributed by atoms with van der Waals surface area (Å²) in [7, 11) is 0. The molecule has 0 bridgehead atoms. The Labute approximate surface area is 301 Å². The first-order valence-corrected chi connectivity index (χ1v) is 17.9. The Morgan fingerprint density at radius 2 is 1.73 bits per heavy atom. The van der Waals surface area contributed by atoms with Gasteiger partial charge in [0.15, 0.2) is 0 Å². The van der Waals surface area contributed by atoms with Crippen LogP contribution in [0.2, 0.25) is 0 Å². The maximum absolute atomic E-state index is 13.0. The first-order chi connectivity index (χ1) is 24.4. The number of carboxylic acids is 2. The van der Waals surface area contributed by atoms with Crippen molar-refractivity contribution < 1.29 is 58.6 Å². The topological polar surface area (TPSA) is 230 Å². The third-order valence-corrected chi connectivity index (χ3v) is 10.1. The summed E-state index contributed by atoms with van der Waals surface area (Å²) in [6.07, 6.45) is -5.97. The van der Waals surface area contributed by atoms with E-state index in [1.165, 1.54) is 29.6 Å². The molecule has 0 radical (unpaired) electrons. The molecule has 17 heteroatoms. The van der Waals surface area contributed by atoms with Crippen LogP contribution in [0.4, 0.5) is 4.79 Å². The minimum Gasteiger partial charge on any atom is -0.481 e. The summed E-state index contributed by atoms with van der Waals surface area (Å²) in [5, 5.41) is 51.4. The molecule has 1 saturated heterocycles. The van der Waals surface area contributed by atoms with Crippen molar-refractivity contribution in [3.05, 3.63) is 70.4 Å². The lowest BCUT2D eigenvalue weighted by atomic mass is 9.86. The smallest absolute Gasteiger partial charge is 0.407 e. The van der Waals surface area contributed by atoms with Gasteiger partial charge in [-0.2, -0.15) is 0 Å². The highest BCUT2D eigenvalue weighted by Crippen LogP contribution is 2.35. The number of unbranched alkanes of at least 4 members (excludes halogenated alkanes) is 2. The van der Waals surface area contributed by atoms with Gasteiger partial charge in [-0.1, -0.05) is 42.8 Å². The summed E-state index contributed by atoms with van der Waals surface area (Å²) in [5.41, 5.74) is 0.674. The van der Waals surface area contributed by atoms with Crippen LogP contribution in [0.5, 0.6) is 0 Å². The second-order valence-electron chi connectivity index (χ2n) is 11.8. The third kappa shape index (κ3) is 11.3. The average Bonchev–Trinajstić information content (AvgIpc) is 3.82. The number of carbonyl (C=O) groups is 5. The number of benzene rings is 1. The highest BCUT2D eigenvalue weighted by molar-refractivity contribution is 7.22. The summed E-state index contributed by atoms with van der Waals surface area (Å²) in [5.74, 6) is -6.21. The molecular formula is C34H41N3O12S2. The van der Waals surface area contributed by atoms with Gasteiger partial charge in [-0.05, 0) is 42.0 Å². The van der Waals surface area contributed by atoms with Crippen LogP contribution < -0.4 is 16.0 Å². The Balaban J connectivity index is 1.52. The molecule has 15 nitrogen and oxygen atoms in total. The van der Waals surface area contributed by atoms with Crippen LogP contribution in [0.15, 0.2) is 60.0 Å². The molecule has 0 saturated carbocycles. The molecule has 0 unspecified atom stereocenters. The fourth-order valence-corrected chi connectivity index (χ4v) is 7.22. The van der Waals surface area contributed by atoms with Crippen molar-refractivity contribution in [2.45, 2.75) is 81.8 Å². The fourth-order valence-electron chi connectivity index (χ4n) is 5.46. The number of nitrogens with one attached hydrogen (secondary N) is 3. The van der Waals surface area contributed by atoms with Crippen LogP contribution in [-0.2, 0) is 35.2 Å². The first kappa shape index (κ1) is 39.4. The summed E-state index contributed by atoms with van der Waals surface area (Å²) < 4.78 is 17.0. The SMILES string of the molecule is CC(=O)N[C@H]1[C@H]([C@H](O)[C@H](O)CNC(=O)c2ccc(-c3cccs3)s2)O[C@@](OCCCCCC(=O)O)(C(=O)O)C[C@@H]1NC(=O)OCc1ccccc1. The molecule has 4 rings (SSSR count). The number of aliphatic hydroxyl groups is 2. The number of hydrogen-bond acceptors (Lipinski definition) is 12. The standard InChI is InChI=1S/C34H41N3O12S2/c1-20(38)36-28-22(37-33(46)47-19-21-9-4-2-5-10-21)17-34(32(44)45,48-15-7-3-6-12-27(40)41)49-30(28)29(42)23(39)18-35-31(43)26-14-13-25(51-26)24-11-8-16-50-24/h2,4-5,8-11,13-14,16,22-23,28-30,39,42H,3,6-7,12,15,17-19H2,1H3,(H,35,43)(H,36,38)(H,37,46)(H,40,41)(H,44,45)/t22-,23+,28+,29+,30+,34+/m0/s1. The van der Waals surface area contributed by atoms with Crippen LogP contribution in [0.1, 0.15) is 54.3 Å². The summed E-state index contributed by atoms with van der Waals surface area (Å²) in [6.45, 7) is 0.363. The number of amides is 3. The lowest BCUT2D eigenvalue weighted by Gasteiger charge is -2.48. The monoisotopic (exact) mass is 747 g/mol. The molecule has 276 valence electrons. The zero-order valence-corrected chi connectivity index (χ0v) is 29.3. The van der Waals surface area contributed by atoms with Crippen LogP contribution >= 0.6 is 22.7 Å². The van der Waals surface area contributed by atoms with Crippen LogP contribution in [0.25, 0.3) is 9.75 Å². The molecule has 0 aliphatic carbocycles. The van der Waals surface area contributed by atoms with E-state index < -0.39 is 79.0 Å². The van der Waals surface area contributed by atoms with E-state index in [1.807, 2.05) is 17.5 Å². The van der Waals surface area contributed by atoms with Gasteiger partial charge in [0.2, 0.25) is 5.91 Å². The van der Waals surface area contributed by atoms with Crippen molar-refractivity contribution in [2.24, 2.45) is 0 Å². The Bertz CT molecular complexity index is 1620. The first-order valence-electron chi connectivity index (χ1n) is 16.2. The molecule has 1 aliphatic rings. The third-order valence-electron chi connectivity index (χ3n) is 7.98. The number of aliphatic carboxylic acids is 2. The molecule has 6 atom stereocenters. The summed E-state index contributed by atoms with van der Waals surface area (Å²) >= 11 is 2.75. The lowest BCUT2D eigenvalue weighted by Crippen LogP contribution is -2.71. The molecule has 3 amide bonds. The molecule has 2 aromatic heterocycles. The van der Waals surface area contributed by atoms with Gasteiger partial charge in [-0.3, -0.25) is 14.4 Å². The quantitative estimate of drug-likeness (QED) is 0.0932. The van der Waals surface area contributed by atoms with Crippen molar-refractivity contribution in [2.75, 3.05) is 13.2 Å². The Morgan fingerprint density at radius 1 is 0.961 bits per heavy atom. The van der Waals surface area contributed by atoms with E-state index in [2.05, 4.69) is 16.0 Å². The largest absolute Gasteiger partial charge is 0.481 e. The average molecular weight is 748 g/mol. The summed E-state index contributed by atoms with van der Waals surface area (Å²) in [6, 6.07) is 13.4. The van der Waals surface area contributed by atoms with E-state index >= 15 is 0 Å². The molecule has 3 heterocycles. The number of ether oxygens (including phenoxy) is 3.